The van der Waals surface area contributed by atoms with Gasteiger partial charge in [-0.15, -0.1) is 11.3 Å². The van der Waals surface area contributed by atoms with Crippen LogP contribution in [0, 0.1) is 12.3 Å². The Morgan fingerprint density at radius 2 is 1.41 bits per heavy atom. The number of carbonyl (C=O) groups excluding carboxylic acids is 4. The Morgan fingerprint density at radius 3 is 1.98 bits per heavy atom. The molecule has 0 bridgehead atoms. The molecule has 13 nitrogen and oxygen atoms in total. The van der Waals surface area contributed by atoms with E-state index in [2.05, 4.69) is 27.9 Å². The molecule has 348 valence electrons. The van der Waals surface area contributed by atoms with Gasteiger partial charge in [-0.05, 0) is 107 Å². The van der Waals surface area contributed by atoms with E-state index in [-0.39, 0.29) is 68.2 Å². The quantitative estimate of drug-likeness (QED) is 0.0355. The molecule has 0 unspecified atom stereocenters. The van der Waals surface area contributed by atoms with Crippen LogP contribution in [0.4, 0.5) is 0 Å². The first-order valence-electron chi connectivity index (χ1n) is 22.5. The first-order valence-corrected chi connectivity index (χ1v) is 23.4. The van der Waals surface area contributed by atoms with Crippen molar-refractivity contribution >= 4 is 46.1 Å². The zero-order valence-electron chi connectivity index (χ0n) is 38.3. The number of amides is 4. The van der Waals surface area contributed by atoms with E-state index in [9.17, 15) is 34.5 Å². The van der Waals surface area contributed by atoms with Crippen molar-refractivity contribution < 1.29 is 39.2 Å². The number of hydrogen-bond acceptors (Lipinski definition) is 10. The summed E-state index contributed by atoms with van der Waals surface area (Å²) in [6.45, 7) is 10.3. The predicted octanol–water partition coefficient (Wildman–Crippen LogP) is 7.76. The molecule has 6 N–H and O–H groups in total. The van der Waals surface area contributed by atoms with E-state index in [4.69, 9.17) is 4.74 Å². The van der Waals surface area contributed by atoms with Crippen LogP contribution in [0.15, 0.2) is 103 Å². The third-order valence-corrected chi connectivity index (χ3v) is 12.6. The molecular formula is C52H61N5O8S. The molecule has 4 aromatic carbocycles. The Labute approximate surface area is 390 Å². The van der Waals surface area contributed by atoms with Gasteiger partial charge in [0, 0.05) is 32.4 Å². The number of phenolic OH excluding ortho intramolecular Hbond substituents is 2. The fraction of sp³-hybridized carbons (Fsp3) is 0.365. The number of aliphatic hydroxyl groups is 1. The summed E-state index contributed by atoms with van der Waals surface area (Å²) in [4.78, 5) is 60.1. The van der Waals surface area contributed by atoms with Crippen LogP contribution in [0.5, 0.6) is 17.2 Å². The van der Waals surface area contributed by atoms with Crippen LogP contribution in [-0.2, 0) is 25.7 Å². The molecule has 1 saturated heterocycles. The number of ether oxygens (including phenoxy) is 1. The van der Waals surface area contributed by atoms with Crippen molar-refractivity contribution in [3.63, 3.8) is 0 Å². The highest BCUT2D eigenvalue weighted by Crippen LogP contribution is 2.36. The number of allylic oxidation sites excluding steroid dienone is 1. The van der Waals surface area contributed by atoms with E-state index in [0.717, 1.165) is 56.0 Å². The molecule has 4 amide bonds. The van der Waals surface area contributed by atoms with Crippen molar-refractivity contribution in [2.75, 3.05) is 19.7 Å². The Balaban J connectivity index is 0.932. The Bertz CT molecular complexity index is 2460. The number of phenols is 2. The summed E-state index contributed by atoms with van der Waals surface area (Å²) < 4.78 is 5.94. The molecule has 1 aliphatic rings. The van der Waals surface area contributed by atoms with Crippen LogP contribution < -0.4 is 20.7 Å². The number of unbranched alkanes of at least 4 members (excludes halogenated alkanes) is 1. The van der Waals surface area contributed by atoms with E-state index in [1.165, 1.54) is 4.90 Å². The van der Waals surface area contributed by atoms with Crippen molar-refractivity contribution in [3.05, 3.63) is 131 Å². The molecule has 2 heterocycles. The van der Waals surface area contributed by atoms with Gasteiger partial charge in [-0.3, -0.25) is 19.2 Å². The lowest BCUT2D eigenvalue weighted by Gasteiger charge is -2.35. The number of β-amino-alcohol motifs (C(OH)–C–C–N with tert-alkyl or cyclic N) is 1. The highest BCUT2D eigenvalue weighted by Gasteiger charge is 2.44. The number of aromatic hydroxyl groups is 2. The van der Waals surface area contributed by atoms with Gasteiger partial charge in [-0.25, -0.2) is 4.98 Å². The van der Waals surface area contributed by atoms with Crippen molar-refractivity contribution in [2.24, 2.45) is 5.41 Å². The monoisotopic (exact) mass is 915 g/mol. The summed E-state index contributed by atoms with van der Waals surface area (Å²) in [6, 6.07) is 27.9. The molecule has 1 aromatic heterocycles. The maximum absolute atomic E-state index is 14.0. The molecule has 3 atom stereocenters. The molecule has 1 fully saturated rings. The maximum atomic E-state index is 14.0. The number of carbonyl (C=O) groups is 4. The second-order valence-electron chi connectivity index (χ2n) is 17.7. The lowest BCUT2D eigenvalue weighted by Crippen LogP contribution is -2.57. The topological polar surface area (TPSA) is 190 Å². The zero-order valence-corrected chi connectivity index (χ0v) is 39.1. The van der Waals surface area contributed by atoms with Crippen LogP contribution in [0.3, 0.4) is 0 Å². The molecule has 66 heavy (non-hydrogen) atoms. The van der Waals surface area contributed by atoms with Crippen LogP contribution in [0.25, 0.3) is 21.6 Å². The van der Waals surface area contributed by atoms with Crippen molar-refractivity contribution in [1.29, 1.82) is 0 Å². The van der Waals surface area contributed by atoms with Gasteiger partial charge in [0.1, 0.15) is 35.9 Å². The number of nitrogens with zero attached hydrogens (tertiary/aromatic N) is 2. The van der Waals surface area contributed by atoms with E-state index < -0.39 is 29.5 Å². The molecule has 0 saturated carbocycles. The van der Waals surface area contributed by atoms with E-state index in [1.54, 1.807) is 35.6 Å². The largest absolute Gasteiger partial charge is 0.508 e. The van der Waals surface area contributed by atoms with Gasteiger partial charge >= 0.3 is 0 Å². The average Bonchev–Trinajstić information content (AvgIpc) is 3.92. The predicted molar refractivity (Wildman–Crippen MR) is 257 cm³/mol. The number of likely N-dealkylation sites (tertiary alicyclic amines) is 1. The standard InChI is InChI=1S/C52H61N5O8S/c1-6-43(35-15-21-39(58)22-16-35)47(36-17-23-40(59)24-18-36)37-19-25-42(26-20-37)65-28-27-53-45(61)9-7-8-10-46(62)56-49(52(3,4)5)51(64)57-31-41(60)29-44(57)50(63)54-30-34-11-13-38(14-12-34)48-33(2)55-32-66-48/h11-26,32,41,44,49,58-60H,6-10,27-31H2,1-5H3,(H,53,61)(H,54,63)(H,56,62)/t41-,44+,49-/m1/s1. The van der Waals surface area contributed by atoms with Gasteiger partial charge in [0.2, 0.25) is 23.6 Å². The second kappa shape index (κ2) is 22.6. The van der Waals surface area contributed by atoms with Crippen LogP contribution in [0.2, 0.25) is 0 Å². The lowest BCUT2D eigenvalue weighted by atomic mass is 9.85. The summed E-state index contributed by atoms with van der Waals surface area (Å²) in [6.07, 6.45) is 1.17. The fourth-order valence-electron chi connectivity index (χ4n) is 8.08. The van der Waals surface area contributed by atoms with Gasteiger partial charge in [0.25, 0.3) is 0 Å². The van der Waals surface area contributed by atoms with Crippen LogP contribution in [0.1, 0.15) is 94.2 Å². The van der Waals surface area contributed by atoms with Crippen molar-refractivity contribution in [3.8, 4) is 27.7 Å². The zero-order chi connectivity index (χ0) is 47.4. The van der Waals surface area contributed by atoms with Gasteiger partial charge < -0.3 is 40.9 Å². The molecule has 0 aliphatic carbocycles. The molecule has 5 aromatic rings. The van der Waals surface area contributed by atoms with Gasteiger partial charge in [0.15, 0.2) is 0 Å². The summed E-state index contributed by atoms with van der Waals surface area (Å²) in [5.41, 5.74) is 8.96. The smallest absolute Gasteiger partial charge is 0.246 e. The molecule has 0 spiro atoms. The van der Waals surface area contributed by atoms with E-state index in [0.29, 0.717) is 25.1 Å². The number of rotatable bonds is 19. The number of hydrogen-bond donors (Lipinski definition) is 6. The first kappa shape index (κ1) is 48.9. The minimum Gasteiger partial charge on any atom is -0.508 e. The number of thiazole rings is 1. The normalized spacial score (nSPS) is 15.7. The van der Waals surface area contributed by atoms with Crippen LogP contribution >= 0.6 is 11.3 Å². The SMILES string of the molecule is CCC(=C(c1ccc(O)cc1)c1ccc(OCCNC(=O)CCCCC(=O)N[C@H](C(=O)N2C[C@H](O)C[C@H]2C(=O)NCc2ccc(-c3scnc3C)cc2)C(C)(C)C)cc1)c1ccc(O)cc1. The minimum atomic E-state index is -0.940. The molecule has 14 heteroatoms. The summed E-state index contributed by atoms with van der Waals surface area (Å²) >= 11 is 1.57. The first-order chi connectivity index (χ1) is 31.6. The summed E-state index contributed by atoms with van der Waals surface area (Å²) in [5, 5.41) is 39.1. The average molecular weight is 916 g/mol. The van der Waals surface area contributed by atoms with Gasteiger partial charge in [-0.2, -0.15) is 0 Å². The third kappa shape index (κ3) is 13.1. The second-order valence-corrected chi connectivity index (χ2v) is 18.5. The molecule has 6 rings (SSSR count). The molecule has 0 radical (unpaired) electrons. The molecular weight excluding hydrogens is 855 g/mol. The van der Waals surface area contributed by atoms with Crippen molar-refractivity contribution in [2.45, 2.75) is 97.9 Å². The number of benzene rings is 4. The summed E-state index contributed by atoms with van der Waals surface area (Å²) in [5.74, 6) is -0.295. The third-order valence-electron chi connectivity index (χ3n) is 11.6. The Morgan fingerprint density at radius 1 is 0.818 bits per heavy atom. The number of nitrogens with one attached hydrogen (secondary N) is 3. The Hall–Kier alpha value is -6.51. The number of aliphatic hydroxyl groups excluding tert-OH is 1. The number of aryl methyl sites for hydroxylation is 1. The molecule has 1 aliphatic heterocycles. The van der Waals surface area contributed by atoms with E-state index in [1.807, 2.05) is 106 Å². The van der Waals surface area contributed by atoms with Gasteiger partial charge in [0.05, 0.1) is 28.7 Å². The number of aromatic nitrogens is 1. The highest BCUT2D eigenvalue weighted by atomic mass is 32.1. The van der Waals surface area contributed by atoms with E-state index >= 15 is 0 Å². The maximum Gasteiger partial charge on any atom is 0.246 e. The fourth-order valence-corrected chi connectivity index (χ4v) is 8.89. The Kier molecular flexibility index (Phi) is 16.8. The van der Waals surface area contributed by atoms with Crippen LogP contribution in [-0.4, -0.2) is 86.7 Å². The highest BCUT2D eigenvalue weighted by molar-refractivity contribution is 7.13. The van der Waals surface area contributed by atoms with Crippen molar-refractivity contribution in [1.82, 2.24) is 25.8 Å². The van der Waals surface area contributed by atoms with Gasteiger partial charge in [-0.1, -0.05) is 88.4 Å². The minimum absolute atomic E-state index is 0.0158. The lowest BCUT2D eigenvalue weighted by molar-refractivity contribution is -0.144. The summed E-state index contributed by atoms with van der Waals surface area (Å²) in [7, 11) is 0.